The number of hydrogen-bond acceptors (Lipinski definition) is 2. The van der Waals surface area contributed by atoms with E-state index in [0.29, 0.717) is 11.4 Å². The maximum absolute atomic E-state index is 8.60. The molecule has 0 fully saturated rings. The first kappa shape index (κ1) is 11.3. The standard InChI is InChI=1S/C10H6ClIN2/c11-9-4-7(1-2-10(9)12)3-8(5-13)6-14/h1-2,4,8H,3H2. The van der Waals surface area contributed by atoms with E-state index in [1.165, 1.54) is 0 Å². The average Bonchev–Trinajstić information content (AvgIpc) is 2.19. The number of rotatable bonds is 2. The van der Waals surface area contributed by atoms with Gasteiger partial charge in [-0.15, -0.1) is 0 Å². The summed E-state index contributed by atoms with van der Waals surface area (Å²) in [6, 6.07) is 9.42. The van der Waals surface area contributed by atoms with Gasteiger partial charge in [-0.3, -0.25) is 0 Å². The molecule has 1 aromatic rings. The molecule has 0 heterocycles. The summed E-state index contributed by atoms with van der Waals surface area (Å²) in [6.45, 7) is 0. The molecular weight excluding hydrogens is 310 g/mol. The first-order chi connectivity index (χ1) is 6.67. The van der Waals surface area contributed by atoms with Gasteiger partial charge in [-0.25, -0.2) is 0 Å². The Kier molecular flexibility index (Phi) is 4.19. The Hall–Kier alpha value is -0.780. The van der Waals surface area contributed by atoms with Gasteiger partial charge >= 0.3 is 0 Å². The van der Waals surface area contributed by atoms with Crippen LogP contribution in [0.1, 0.15) is 5.56 Å². The van der Waals surface area contributed by atoms with Gasteiger partial charge in [0, 0.05) is 9.99 Å². The summed E-state index contributed by atoms with van der Waals surface area (Å²) in [5.41, 5.74) is 0.920. The molecule has 0 aromatic heterocycles. The maximum atomic E-state index is 8.60. The Morgan fingerprint density at radius 2 is 2.00 bits per heavy atom. The molecule has 2 nitrogen and oxygen atoms in total. The zero-order valence-electron chi connectivity index (χ0n) is 7.17. The van der Waals surface area contributed by atoms with Crippen molar-refractivity contribution in [3.63, 3.8) is 0 Å². The van der Waals surface area contributed by atoms with Crippen LogP contribution in [0.25, 0.3) is 0 Å². The molecule has 70 valence electrons. The Labute approximate surface area is 101 Å². The van der Waals surface area contributed by atoms with Gasteiger partial charge in [0.1, 0.15) is 5.92 Å². The topological polar surface area (TPSA) is 47.6 Å². The second-order valence-corrected chi connectivity index (χ2v) is 4.33. The van der Waals surface area contributed by atoms with Crippen LogP contribution >= 0.6 is 34.2 Å². The number of hydrogen-bond donors (Lipinski definition) is 0. The summed E-state index contributed by atoms with van der Waals surface area (Å²) in [4.78, 5) is 0. The van der Waals surface area contributed by atoms with Gasteiger partial charge in [-0.2, -0.15) is 10.5 Å². The van der Waals surface area contributed by atoms with Crippen LogP contribution in [-0.4, -0.2) is 0 Å². The zero-order chi connectivity index (χ0) is 10.6. The van der Waals surface area contributed by atoms with Gasteiger partial charge in [-0.05, 0) is 40.3 Å². The van der Waals surface area contributed by atoms with Crippen LogP contribution in [0.5, 0.6) is 0 Å². The Bertz CT molecular complexity index is 403. The van der Waals surface area contributed by atoms with Crippen molar-refractivity contribution in [1.82, 2.24) is 0 Å². The van der Waals surface area contributed by atoms with Crippen molar-refractivity contribution >= 4 is 34.2 Å². The Balaban J connectivity index is 2.85. The minimum absolute atomic E-state index is 0.434. The van der Waals surface area contributed by atoms with E-state index in [4.69, 9.17) is 22.1 Å². The van der Waals surface area contributed by atoms with Crippen molar-refractivity contribution in [3.05, 3.63) is 32.4 Å². The molecule has 0 saturated heterocycles. The molecule has 1 aromatic carbocycles. The monoisotopic (exact) mass is 316 g/mol. The molecule has 0 unspecified atom stereocenters. The van der Waals surface area contributed by atoms with Gasteiger partial charge in [0.15, 0.2) is 0 Å². The lowest BCUT2D eigenvalue weighted by Gasteiger charge is -2.02. The highest BCUT2D eigenvalue weighted by Crippen LogP contribution is 2.20. The SMILES string of the molecule is N#CC(C#N)Cc1ccc(I)c(Cl)c1. The normalized spacial score (nSPS) is 9.50. The zero-order valence-corrected chi connectivity index (χ0v) is 10.1. The number of nitriles is 2. The minimum atomic E-state index is -0.592. The molecule has 0 aliphatic heterocycles. The van der Waals surface area contributed by atoms with Crippen LogP contribution in [0.4, 0.5) is 0 Å². The highest BCUT2D eigenvalue weighted by molar-refractivity contribution is 14.1. The summed E-state index contributed by atoms with van der Waals surface area (Å²) in [5, 5.41) is 17.9. The second-order valence-electron chi connectivity index (χ2n) is 2.76. The van der Waals surface area contributed by atoms with Crippen LogP contribution in [0.2, 0.25) is 5.02 Å². The van der Waals surface area contributed by atoms with Crippen LogP contribution in [0.3, 0.4) is 0 Å². The predicted octanol–water partition coefficient (Wildman–Crippen LogP) is 3.15. The molecule has 0 bridgehead atoms. The number of benzene rings is 1. The maximum Gasteiger partial charge on any atom is 0.137 e. The van der Waals surface area contributed by atoms with E-state index in [1.807, 2.05) is 24.3 Å². The van der Waals surface area contributed by atoms with Crippen molar-refractivity contribution < 1.29 is 0 Å². The Morgan fingerprint density at radius 3 is 2.50 bits per heavy atom. The fourth-order valence-electron chi connectivity index (χ4n) is 1.02. The molecule has 1 rings (SSSR count). The molecule has 14 heavy (non-hydrogen) atoms. The van der Waals surface area contributed by atoms with Crippen LogP contribution in [-0.2, 0) is 6.42 Å². The summed E-state index contributed by atoms with van der Waals surface area (Å²) >= 11 is 8.04. The lowest BCUT2D eigenvalue weighted by molar-refractivity contribution is 0.834. The highest BCUT2D eigenvalue weighted by Gasteiger charge is 2.07. The van der Waals surface area contributed by atoms with Crippen LogP contribution < -0.4 is 0 Å². The van der Waals surface area contributed by atoms with E-state index >= 15 is 0 Å². The minimum Gasteiger partial charge on any atom is -0.197 e. The first-order valence-corrected chi connectivity index (χ1v) is 5.36. The summed E-state index contributed by atoms with van der Waals surface area (Å²) in [6.07, 6.45) is 0.434. The molecule has 0 spiro atoms. The molecule has 0 N–H and O–H groups in total. The molecule has 4 heteroatoms. The van der Waals surface area contributed by atoms with E-state index in [9.17, 15) is 0 Å². The third-order valence-electron chi connectivity index (χ3n) is 1.74. The van der Waals surface area contributed by atoms with Gasteiger partial charge in [0.05, 0.1) is 17.2 Å². The largest absolute Gasteiger partial charge is 0.197 e. The predicted molar refractivity (Wildman–Crippen MR) is 62.6 cm³/mol. The lowest BCUT2D eigenvalue weighted by Crippen LogP contribution is -1.98. The molecular formula is C10H6ClIN2. The fraction of sp³-hybridized carbons (Fsp3) is 0.200. The molecule has 0 aliphatic rings. The van der Waals surface area contributed by atoms with Gasteiger partial charge in [-0.1, -0.05) is 17.7 Å². The van der Waals surface area contributed by atoms with E-state index < -0.39 is 5.92 Å². The van der Waals surface area contributed by atoms with Crippen molar-refractivity contribution in [3.8, 4) is 12.1 Å². The third kappa shape index (κ3) is 2.87. The average molecular weight is 317 g/mol. The smallest absolute Gasteiger partial charge is 0.137 e. The third-order valence-corrected chi connectivity index (χ3v) is 3.31. The summed E-state index contributed by atoms with van der Waals surface area (Å²) in [5.74, 6) is -0.592. The fourth-order valence-corrected chi connectivity index (χ4v) is 1.56. The summed E-state index contributed by atoms with van der Waals surface area (Å²) < 4.78 is 0.971. The molecule has 0 saturated carbocycles. The van der Waals surface area contributed by atoms with Gasteiger partial charge < -0.3 is 0 Å². The van der Waals surface area contributed by atoms with Crippen molar-refractivity contribution in [2.24, 2.45) is 5.92 Å². The molecule has 0 amide bonds. The van der Waals surface area contributed by atoms with Crippen molar-refractivity contribution in [2.75, 3.05) is 0 Å². The number of nitrogens with zero attached hydrogens (tertiary/aromatic N) is 2. The Morgan fingerprint density at radius 1 is 1.36 bits per heavy atom. The van der Waals surface area contributed by atoms with E-state index in [1.54, 1.807) is 6.07 Å². The van der Waals surface area contributed by atoms with E-state index in [2.05, 4.69) is 22.6 Å². The number of halogens is 2. The van der Waals surface area contributed by atoms with Gasteiger partial charge in [0.25, 0.3) is 0 Å². The quantitative estimate of drug-likeness (QED) is 0.787. The lowest BCUT2D eigenvalue weighted by atomic mass is 10.0. The molecule has 0 radical (unpaired) electrons. The van der Waals surface area contributed by atoms with E-state index in [0.717, 1.165) is 9.13 Å². The molecule has 0 aliphatic carbocycles. The summed E-state index contributed by atoms with van der Waals surface area (Å²) in [7, 11) is 0. The van der Waals surface area contributed by atoms with E-state index in [-0.39, 0.29) is 0 Å². The second kappa shape index (κ2) is 5.19. The van der Waals surface area contributed by atoms with Crippen LogP contribution in [0, 0.1) is 32.2 Å². The van der Waals surface area contributed by atoms with Crippen molar-refractivity contribution in [1.29, 1.82) is 10.5 Å². The first-order valence-electron chi connectivity index (χ1n) is 3.90. The van der Waals surface area contributed by atoms with Crippen LogP contribution in [0.15, 0.2) is 18.2 Å². The highest BCUT2D eigenvalue weighted by atomic mass is 127. The molecule has 0 atom stereocenters. The van der Waals surface area contributed by atoms with Gasteiger partial charge in [0.2, 0.25) is 0 Å². The van der Waals surface area contributed by atoms with Crippen molar-refractivity contribution in [2.45, 2.75) is 6.42 Å².